The van der Waals surface area contributed by atoms with Crippen LogP contribution in [0, 0.1) is 5.92 Å². The van der Waals surface area contributed by atoms with Gasteiger partial charge in [0.25, 0.3) is 0 Å². The van der Waals surface area contributed by atoms with Gasteiger partial charge in [0.1, 0.15) is 0 Å². The molecular weight excluding hydrogens is 400 g/mol. The van der Waals surface area contributed by atoms with E-state index in [0.717, 1.165) is 25.2 Å². The molecule has 0 bridgehead atoms. The molecule has 0 amide bonds. The number of unbranched alkanes of at least 4 members (excludes halogenated alkanes) is 13. The maximum absolute atomic E-state index is 5.93. The van der Waals surface area contributed by atoms with Crippen molar-refractivity contribution in [3.8, 4) is 0 Å². The highest BCUT2D eigenvalue weighted by molar-refractivity contribution is 6.66. The molecular formula is C27H54O3Si. The fourth-order valence-electron chi connectivity index (χ4n) is 5.55. The topological polar surface area (TPSA) is 31.0 Å². The molecule has 31 heavy (non-hydrogen) atoms. The van der Waals surface area contributed by atoms with Gasteiger partial charge in [-0.25, -0.2) is 0 Å². The maximum Gasteiger partial charge on any atom is 0.334 e. The molecule has 1 heterocycles. The van der Waals surface area contributed by atoms with Gasteiger partial charge in [0.05, 0.1) is 12.2 Å². The van der Waals surface area contributed by atoms with Crippen molar-refractivity contribution in [2.45, 2.75) is 154 Å². The van der Waals surface area contributed by atoms with Gasteiger partial charge in [-0.1, -0.05) is 96.3 Å². The lowest BCUT2D eigenvalue weighted by Gasteiger charge is -2.25. The van der Waals surface area contributed by atoms with E-state index < -0.39 is 8.56 Å². The van der Waals surface area contributed by atoms with Gasteiger partial charge in [-0.3, -0.25) is 0 Å². The number of epoxide rings is 1. The Hall–Kier alpha value is 0.0969. The molecule has 1 saturated heterocycles. The van der Waals surface area contributed by atoms with Crippen LogP contribution >= 0.6 is 0 Å². The van der Waals surface area contributed by atoms with Crippen LogP contribution in [0.4, 0.5) is 0 Å². The Balaban J connectivity index is 1.25. The minimum Gasteiger partial charge on any atom is -0.395 e. The molecule has 0 radical (unpaired) electrons. The molecule has 0 N–H and O–H groups in total. The van der Waals surface area contributed by atoms with Crippen LogP contribution in [0.15, 0.2) is 0 Å². The lowest BCUT2D eigenvalue weighted by molar-refractivity contribution is 0.188. The van der Waals surface area contributed by atoms with Crippen LogP contribution in [0.25, 0.3) is 0 Å². The summed E-state index contributed by atoms with van der Waals surface area (Å²) < 4.78 is 17.5. The first kappa shape index (κ1) is 27.3. The first-order chi connectivity index (χ1) is 15.2. The Kier molecular flexibility index (Phi) is 14.7. The number of ether oxygens (including phenoxy) is 1. The molecule has 0 aromatic rings. The zero-order valence-electron chi connectivity index (χ0n) is 21.3. The van der Waals surface area contributed by atoms with E-state index in [-0.39, 0.29) is 0 Å². The minimum absolute atomic E-state index is 0.669. The Morgan fingerprint density at radius 3 is 1.61 bits per heavy atom. The lowest BCUT2D eigenvalue weighted by atomic mass is 9.85. The summed E-state index contributed by atoms with van der Waals surface area (Å²) in [6.45, 7) is 7.98. The predicted octanol–water partition coefficient (Wildman–Crippen LogP) is 8.55. The van der Waals surface area contributed by atoms with E-state index in [1.54, 1.807) is 0 Å². The van der Waals surface area contributed by atoms with Crippen molar-refractivity contribution >= 4 is 8.56 Å². The molecule has 1 aliphatic carbocycles. The Bertz CT molecular complexity index is 425. The summed E-state index contributed by atoms with van der Waals surface area (Å²) in [4.78, 5) is 0. The first-order valence-corrected chi connectivity index (χ1v) is 16.6. The zero-order valence-corrected chi connectivity index (χ0v) is 22.3. The van der Waals surface area contributed by atoms with Crippen LogP contribution in [-0.2, 0) is 13.6 Å². The SMILES string of the molecule is CCO[Si](C)(CCCCCCCCCCCCCCCCC1CCC2OC2C1)OCC. The van der Waals surface area contributed by atoms with Gasteiger partial charge in [-0.15, -0.1) is 0 Å². The van der Waals surface area contributed by atoms with E-state index in [0.29, 0.717) is 12.2 Å². The van der Waals surface area contributed by atoms with Gasteiger partial charge in [0.15, 0.2) is 0 Å². The quantitative estimate of drug-likeness (QED) is 0.0988. The molecule has 2 aliphatic rings. The summed E-state index contributed by atoms with van der Waals surface area (Å²) in [5.41, 5.74) is 0. The second-order valence-corrected chi connectivity index (χ2v) is 13.7. The van der Waals surface area contributed by atoms with Crippen molar-refractivity contribution in [3.05, 3.63) is 0 Å². The van der Waals surface area contributed by atoms with Crippen LogP contribution in [0.2, 0.25) is 12.6 Å². The third kappa shape index (κ3) is 12.8. The molecule has 3 nitrogen and oxygen atoms in total. The number of fused-ring (bicyclic) bond motifs is 1. The van der Waals surface area contributed by atoms with Crippen molar-refractivity contribution in [3.63, 3.8) is 0 Å². The van der Waals surface area contributed by atoms with Crippen molar-refractivity contribution < 1.29 is 13.6 Å². The molecule has 3 atom stereocenters. The smallest absolute Gasteiger partial charge is 0.334 e. The monoisotopic (exact) mass is 454 g/mol. The summed E-state index contributed by atoms with van der Waals surface area (Å²) in [5.74, 6) is 0.982. The highest BCUT2D eigenvalue weighted by Crippen LogP contribution is 2.41. The summed E-state index contributed by atoms with van der Waals surface area (Å²) in [6, 6.07) is 1.16. The van der Waals surface area contributed by atoms with Gasteiger partial charge in [0.2, 0.25) is 0 Å². The number of hydrogen-bond donors (Lipinski definition) is 0. The molecule has 1 aliphatic heterocycles. The van der Waals surface area contributed by atoms with Crippen LogP contribution < -0.4 is 0 Å². The van der Waals surface area contributed by atoms with Gasteiger partial charge < -0.3 is 13.6 Å². The molecule has 1 saturated carbocycles. The van der Waals surface area contributed by atoms with Gasteiger partial charge >= 0.3 is 8.56 Å². The average Bonchev–Trinajstić information content (AvgIpc) is 3.52. The standard InChI is InChI=1S/C27H54O3Si/c1-4-28-31(3,29-5-2)23-19-17-15-13-11-9-7-6-8-10-12-14-16-18-20-25-21-22-26-27(24-25)30-26/h25-27H,4-24H2,1-3H3. The maximum atomic E-state index is 5.93. The average molecular weight is 455 g/mol. The highest BCUT2D eigenvalue weighted by atomic mass is 28.4. The largest absolute Gasteiger partial charge is 0.395 e. The third-order valence-corrected chi connectivity index (χ3v) is 10.6. The van der Waals surface area contributed by atoms with Gasteiger partial charge in [-0.2, -0.15) is 0 Å². The molecule has 3 unspecified atom stereocenters. The molecule has 4 heteroatoms. The molecule has 0 spiro atoms. The molecule has 0 aromatic heterocycles. The van der Waals surface area contributed by atoms with Crippen LogP contribution in [0.1, 0.15) is 129 Å². The first-order valence-electron chi connectivity index (χ1n) is 14.1. The summed E-state index contributed by atoms with van der Waals surface area (Å²) >= 11 is 0. The number of rotatable bonds is 21. The Labute approximate surface area is 195 Å². The summed E-state index contributed by atoms with van der Waals surface area (Å²) in [7, 11) is -1.87. The second kappa shape index (κ2) is 16.7. The van der Waals surface area contributed by atoms with Crippen LogP contribution in [0.5, 0.6) is 0 Å². The lowest BCUT2D eigenvalue weighted by Crippen LogP contribution is -2.38. The third-order valence-electron chi connectivity index (χ3n) is 7.51. The van der Waals surface area contributed by atoms with E-state index >= 15 is 0 Å². The molecule has 184 valence electrons. The van der Waals surface area contributed by atoms with Crippen LogP contribution in [0.3, 0.4) is 0 Å². The van der Waals surface area contributed by atoms with Crippen molar-refractivity contribution in [2.24, 2.45) is 5.92 Å². The Morgan fingerprint density at radius 1 is 0.645 bits per heavy atom. The number of hydrogen-bond acceptors (Lipinski definition) is 3. The predicted molar refractivity (Wildman–Crippen MR) is 135 cm³/mol. The second-order valence-electron chi connectivity index (χ2n) is 10.4. The Morgan fingerprint density at radius 2 is 1.13 bits per heavy atom. The van der Waals surface area contributed by atoms with Gasteiger partial charge in [0, 0.05) is 13.2 Å². The normalized spacial score (nSPS) is 23.1. The van der Waals surface area contributed by atoms with Crippen molar-refractivity contribution in [1.82, 2.24) is 0 Å². The van der Waals surface area contributed by atoms with E-state index in [2.05, 4.69) is 20.4 Å². The fourth-order valence-corrected chi connectivity index (χ4v) is 8.03. The van der Waals surface area contributed by atoms with E-state index in [1.807, 2.05) is 0 Å². The summed E-state index contributed by atoms with van der Waals surface area (Å²) in [5, 5.41) is 0. The van der Waals surface area contributed by atoms with Gasteiger partial charge in [-0.05, 0) is 51.6 Å². The summed E-state index contributed by atoms with van der Waals surface area (Å²) in [6.07, 6.45) is 26.9. The minimum atomic E-state index is -1.87. The van der Waals surface area contributed by atoms with Crippen molar-refractivity contribution in [2.75, 3.05) is 13.2 Å². The zero-order chi connectivity index (χ0) is 22.2. The van der Waals surface area contributed by atoms with E-state index in [9.17, 15) is 0 Å². The van der Waals surface area contributed by atoms with E-state index in [4.69, 9.17) is 13.6 Å². The van der Waals surface area contributed by atoms with Crippen LogP contribution in [-0.4, -0.2) is 34.0 Å². The molecule has 2 rings (SSSR count). The van der Waals surface area contributed by atoms with E-state index in [1.165, 1.54) is 116 Å². The highest BCUT2D eigenvalue weighted by Gasteiger charge is 2.43. The fraction of sp³-hybridized carbons (Fsp3) is 1.00. The molecule has 2 fully saturated rings. The molecule has 0 aromatic carbocycles. The van der Waals surface area contributed by atoms with Crippen molar-refractivity contribution in [1.29, 1.82) is 0 Å².